The number of hydrogen-bond acceptors (Lipinski definition) is 1. The van der Waals surface area contributed by atoms with Crippen molar-refractivity contribution < 1.29 is 0 Å². The number of hydrogen-bond donors (Lipinski definition) is 0. The van der Waals surface area contributed by atoms with Gasteiger partial charge in [-0.1, -0.05) is 176 Å². The lowest BCUT2D eigenvalue weighted by atomic mass is 9.87. The Morgan fingerprint density at radius 2 is 0.745 bits per heavy atom. The summed E-state index contributed by atoms with van der Waals surface area (Å²) >= 11 is 0. The molecule has 0 aliphatic carbocycles. The van der Waals surface area contributed by atoms with Crippen molar-refractivity contribution in [2.45, 2.75) is 0 Å². The van der Waals surface area contributed by atoms with E-state index in [0.717, 1.165) is 17.1 Å². The van der Waals surface area contributed by atoms with Crippen molar-refractivity contribution in [3.05, 3.63) is 200 Å². The second kappa shape index (κ2) is 11.6. The second-order valence-corrected chi connectivity index (χ2v) is 14.8. The number of nitrogens with zero attached hydrogens (tertiary/aromatic N) is 1. The number of rotatable bonds is 4. The molecule has 254 valence electrons. The van der Waals surface area contributed by atoms with E-state index in [0.29, 0.717) is 0 Å². The Kier molecular flexibility index (Phi) is 6.40. The summed E-state index contributed by atoms with van der Waals surface area (Å²) in [6, 6.07) is 74.4. The van der Waals surface area contributed by atoms with E-state index in [9.17, 15) is 0 Å². The molecule has 0 radical (unpaired) electrons. The number of fused-ring (bicyclic) bond motifs is 5. The molecule has 1 nitrogen and oxygen atoms in total. The lowest BCUT2D eigenvalue weighted by molar-refractivity contribution is 1.31. The summed E-state index contributed by atoms with van der Waals surface area (Å²) in [6.07, 6.45) is 0. The standard InChI is InChI=1S/C54H33N/c1-2-13-34(14-3-1)42-20-8-9-26-49(42)55(50-32-38-15-4-5-19-41(38)43-21-6-7-22-44(43)50)40-31-39-30-29-37-17-11-24-46-45-23-10-16-35-27-28-36-18-12-25-47(53(36)51(35)45)48(33-40)54(39)52(37)46/h1-33H. The Bertz CT molecular complexity index is 3480. The van der Waals surface area contributed by atoms with Crippen molar-refractivity contribution in [1.82, 2.24) is 0 Å². The van der Waals surface area contributed by atoms with Crippen LogP contribution in [0.5, 0.6) is 0 Å². The minimum atomic E-state index is 1.13. The zero-order valence-electron chi connectivity index (χ0n) is 30.0. The zero-order valence-corrected chi connectivity index (χ0v) is 30.0. The first-order valence-corrected chi connectivity index (χ1v) is 19.1. The van der Waals surface area contributed by atoms with Crippen LogP contribution in [0.4, 0.5) is 17.1 Å². The average molecular weight is 696 g/mol. The van der Waals surface area contributed by atoms with E-state index in [1.54, 1.807) is 0 Å². The van der Waals surface area contributed by atoms with Gasteiger partial charge in [0.15, 0.2) is 0 Å². The molecule has 0 fully saturated rings. The fourth-order valence-electron chi connectivity index (χ4n) is 9.56. The van der Waals surface area contributed by atoms with Gasteiger partial charge in [-0.15, -0.1) is 0 Å². The van der Waals surface area contributed by atoms with Gasteiger partial charge in [0, 0.05) is 16.6 Å². The molecule has 1 heteroatoms. The highest BCUT2D eigenvalue weighted by atomic mass is 15.1. The van der Waals surface area contributed by atoms with Gasteiger partial charge in [0.2, 0.25) is 0 Å². The molecule has 0 N–H and O–H groups in total. The van der Waals surface area contributed by atoms with E-state index < -0.39 is 0 Å². The van der Waals surface area contributed by atoms with Gasteiger partial charge < -0.3 is 4.90 Å². The predicted molar refractivity (Wildman–Crippen MR) is 238 cm³/mol. The molecule has 55 heavy (non-hydrogen) atoms. The Balaban J connectivity index is 1.30. The Morgan fingerprint density at radius 1 is 0.255 bits per heavy atom. The Hall–Kier alpha value is -7.22. The molecule has 12 rings (SSSR count). The lowest BCUT2D eigenvalue weighted by Crippen LogP contribution is -2.12. The summed E-state index contributed by atoms with van der Waals surface area (Å²) in [5.41, 5.74) is 5.79. The van der Waals surface area contributed by atoms with Gasteiger partial charge in [-0.2, -0.15) is 0 Å². The molecule has 0 aromatic heterocycles. The summed E-state index contributed by atoms with van der Waals surface area (Å²) in [5.74, 6) is 0. The molecule has 0 aliphatic rings. The van der Waals surface area contributed by atoms with Crippen LogP contribution in [0.1, 0.15) is 0 Å². The smallest absolute Gasteiger partial charge is 0.0546 e. The third-order valence-electron chi connectivity index (χ3n) is 11.9. The molecule has 0 heterocycles. The van der Waals surface area contributed by atoms with E-state index >= 15 is 0 Å². The topological polar surface area (TPSA) is 3.24 Å². The molecule has 0 unspecified atom stereocenters. The van der Waals surface area contributed by atoms with Crippen LogP contribution in [0.2, 0.25) is 0 Å². The van der Waals surface area contributed by atoms with E-state index in [-0.39, 0.29) is 0 Å². The van der Waals surface area contributed by atoms with Crippen LogP contribution in [0, 0.1) is 0 Å². The van der Waals surface area contributed by atoms with Gasteiger partial charge >= 0.3 is 0 Å². The van der Waals surface area contributed by atoms with Crippen molar-refractivity contribution in [2.24, 2.45) is 0 Å². The largest absolute Gasteiger partial charge is 0.309 e. The highest BCUT2D eigenvalue weighted by Crippen LogP contribution is 2.49. The number of benzene rings is 11. The molecule has 0 bridgehead atoms. The zero-order chi connectivity index (χ0) is 36.0. The summed E-state index contributed by atoms with van der Waals surface area (Å²) < 4.78 is 0. The number of anilines is 3. The van der Waals surface area contributed by atoms with Crippen molar-refractivity contribution in [3.63, 3.8) is 0 Å². The second-order valence-electron chi connectivity index (χ2n) is 14.8. The van der Waals surface area contributed by atoms with E-state index in [1.807, 2.05) is 0 Å². The minimum Gasteiger partial charge on any atom is -0.309 e. The van der Waals surface area contributed by atoms with Gasteiger partial charge in [-0.25, -0.2) is 0 Å². The normalized spacial score (nSPS) is 12.0. The van der Waals surface area contributed by atoms with Crippen LogP contribution < -0.4 is 4.90 Å². The maximum absolute atomic E-state index is 2.52. The molecule has 0 saturated heterocycles. The van der Waals surface area contributed by atoms with Gasteiger partial charge in [0.05, 0.1) is 11.4 Å². The van der Waals surface area contributed by atoms with E-state index in [4.69, 9.17) is 0 Å². The number of para-hydroxylation sites is 1. The van der Waals surface area contributed by atoms with Crippen LogP contribution in [0.15, 0.2) is 200 Å². The van der Waals surface area contributed by atoms with Crippen molar-refractivity contribution in [1.29, 1.82) is 0 Å². The fourth-order valence-corrected chi connectivity index (χ4v) is 9.56. The molecule has 0 saturated carbocycles. The lowest BCUT2D eigenvalue weighted by Gasteiger charge is -2.30. The Morgan fingerprint density at radius 3 is 1.44 bits per heavy atom. The van der Waals surface area contributed by atoms with Gasteiger partial charge in [0.25, 0.3) is 0 Å². The van der Waals surface area contributed by atoms with E-state index in [2.05, 4.69) is 205 Å². The highest BCUT2D eigenvalue weighted by Gasteiger charge is 2.23. The van der Waals surface area contributed by atoms with Gasteiger partial charge in [-0.3, -0.25) is 0 Å². The molecule has 12 aromatic carbocycles. The van der Waals surface area contributed by atoms with Crippen molar-refractivity contribution in [3.8, 4) is 11.1 Å². The quantitative estimate of drug-likeness (QED) is 0.166. The van der Waals surface area contributed by atoms with Crippen LogP contribution >= 0.6 is 0 Å². The first-order chi connectivity index (χ1) is 27.3. The average Bonchev–Trinajstić information content (AvgIpc) is 3.25. The van der Waals surface area contributed by atoms with E-state index in [1.165, 1.54) is 97.3 Å². The fraction of sp³-hybridized carbons (Fsp3) is 0. The third-order valence-corrected chi connectivity index (χ3v) is 11.9. The van der Waals surface area contributed by atoms with Crippen LogP contribution in [-0.2, 0) is 0 Å². The van der Waals surface area contributed by atoms with Crippen molar-refractivity contribution in [2.75, 3.05) is 4.90 Å². The molecule has 0 aliphatic heterocycles. The summed E-state index contributed by atoms with van der Waals surface area (Å²) in [6.45, 7) is 0. The monoisotopic (exact) mass is 695 g/mol. The van der Waals surface area contributed by atoms with Crippen molar-refractivity contribution >= 4 is 103 Å². The summed E-state index contributed by atoms with van der Waals surface area (Å²) in [5, 5.41) is 20.3. The summed E-state index contributed by atoms with van der Waals surface area (Å²) in [7, 11) is 0. The third kappa shape index (κ3) is 4.41. The van der Waals surface area contributed by atoms with Gasteiger partial charge in [0.1, 0.15) is 0 Å². The molecule has 0 atom stereocenters. The molecule has 12 aromatic rings. The maximum Gasteiger partial charge on any atom is 0.0546 e. The molecular formula is C54H33N. The van der Waals surface area contributed by atoms with Crippen LogP contribution in [-0.4, -0.2) is 0 Å². The van der Waals surface area contributed by atoms with Crippen LogP contribution in [0.25, 0.3) is 97.3 Å². The van der Waals surface area contributed by atoms with Gasteiger partial charge in [-0.05, 0) is 111 Å². The first-order valence-electron chi connectivity index (χ1n) is 19.1. The maximum atomic E-state index is 2.52. The SMILES string of the molecule is c1ccc(-c2ccccc2N(c2cc3ccc4cccc5c6cccc7ccc8cccc(c(c2)c3c45)c8c76)c2cc3ccccc3c3ccccc23)cc1. The summed E-state index contributed by atoms with van der Waals surface area (Å²) in [4.78, 5) is 2.52. The molecule has 0 spiro atoms. The molecular weight excluding hydrogens is 663 g/mol. The minimum absolute atomic E-state index is 1.13. The highest BCUT2D eigenvalue weighted by molar-refractivity contribution is 6.37. The van der Waals surface area contributed by atoms with Crippen LogP contribution in [0.3, 0.4) is 0 Å². The Labute approximate surface area is 318 Å². The molecule has 0 amide bonds. The predicted octanol–water partition coefficient (Wildman–Crippen LogP) is 15.5. The first kappa shape index (κ1) is 30.3.